The largest absolute Gasteiger partial charge is 0.296 e. The summed E-state index contributed by atoms with van der Waals surface area (Å²) in [7, 11) is 0. The Labute approximate surface area is 122 Å². The molecule has 0 aliphatic carbocycles. The highest BCUT2D eigenvalue weighted by molar-refractivity contribution is 7.22. The van der Waals surface area contributed by atoms with Gasteiger partial charge in [-0.2, -0.15) is 4.39 Å². The topological polar surface area (TPSA) is 54.9 Å². The maximum atomic E-state index is 13.0. The third kappa shape index (κ3) is 2.61. The maximum absolute atomic E-state index is 13.0. The SMILES string of the molecule is O=C(Nc1nc2ccc(Cl)cc2s1)c1cccc(F)n1. The van der Waals surface area contributed by atoms with Crippen LogP contribution in [0.1, 0.15) is 10.5 Å². The van der Waals surface area contributed by atoms with Crippen molar-refractivity contribution in [3.8, 4) is 0 Å². The highest BCUT2D eigenvalue weighted by Crippen LogP contribution is 2.28. The number of fused-ring (bicyclic) bond motifs is 1. The van der Waals surface area contributed by atoms with Crippen molar-refractivity contribution in [1.82, 2.24) is 9.97 Å². The Hall–Kier alpha value is -2.05. The fraction of sp³-hybridized carbons (Fsp3) is 0. The molecule has 2 aromatic heterocycles. The molecule has 3 aromatic rings. The van der Waals surface area contributed by atoms with Crippen LogP contribution in [-0.2, 0) is 0 Å². The minimum atomic E-state index is -0.700. The summed E-state index contributed by atoms with van der Waals surface area (Å²) in [6.45, 7) is 0. The van der Waals surface area contributed by atoms with E-state index in [1.165, 1.54) is 29.5 Å². The number of amides is 1. The molecule has 3 rings (SSSR count). The molecule has 4 nitrogen and oxygen atoms in total. The van der Waals surface area contributed by atoms with E-state index >= 15 is 0 Å². The summed E-state index contributed by atoms with van der Waals surface area (Å²) in [4.78, 5) is 19.7. The zero-order valence-electron chi connectivity index (χ0n) is 9.93. The van der Waals surface area contributed by atoms with Crippen molar-refractivity contribution in [2.75, 3.05) is 5.32 Å². The molecule has 20 heavy (non-hydrogen) atoms. The van der Waals surface area contributed by atoms with Gasteiger partial charge in [0.2, 0.25) is 5.95 Å². The zero-order valence-corrected chi connectivity index (χ0v) is 11.5. The molecular formula is C13H7ClFN3OS. The number of rotatable bonds is 2. The molecule has 0 radical (unpaired) electrons. The van der Waals surface area contributed by atoms with Gasteiger partial charge in [-0.3, -0.25) is 10.1 Å². The number of carbonyl (C=O) groups is 1. The smallest absolute Gasteiger partial charge is 0.276 e. The molecule has 0 saturated heterocycles. The van der Waals surface area contributed by atoms with Crippen molar-refractivity contribution in [1.29, 1.82) is 0 Å². The number of thiazole rings is 1. The summed E-state index contributed by atoms with van der Waals surface area (Å²) in [5.74, 6) is -1.21. The summed E-state index contributed by atoms with van der Waals surface area (Å²) in [6.07, 6.45) is 0. The second-order valence-electron chi connectivity index (χ2n) is 3.93. The third-order valence-electron chi connectivity index (χ3n) is 2.52. The highest BCUT2D eigenvalue weighted by Gasteiger charge is 2.11. The molecule has 0 atom stereocenters. The molecule has 0 bridgehead atoms. The summed E-state index contributed by atoms with van der Waals surface area (Å²) in [5.41, 5.74) is 0.740. The normalized spacial score (nSPS) is 10.7. The molecular weight excluding hydrogens is 301 g/mol. The number of carbonyl (C=O) groups excluding carboxylic acids is 1. The van der Waals surface area contributed by atoms with Crippen LogP contribution >= 0.6 is 22.9 Å². The predicted octanol–water partition coefficient (Wildman–Crippen LogP) is 3.74. The molecule has 1 amide bonds. The second kappa shape index (κ2) is 5.15. The van der Waals surface area contributed by atoms with Gasteiger partial charge in [-0.25, -0.2) is 9.97 Å². The van der Waals surface area contributed by atoms with E-state index in [0.717, 1.165) is 10.2 Å². The van der Waals surface area contributed by atoms with E-state index in [0.29, 0.717) is 10.2 Å². The lowest BCUT2D eigenvalue weighted by atomic mass is 10.3. The highest BCUT2D eigenvalue weighted by atomic mass is 35.5. The Morgan fingerprint density at radius 2 is 2.10 bits per heavy atom. The molecule has 0 unspecified atom stereocenters. The molecule has 0 saturated carbocycles. The summed E-state index contributed by atoms with van der Waals surface area (Å²) in [5, 5.41) is 3.61. The number of hydrogen-bond donors (Lipinski definition) is 1. The fourth-order valence-corrected chi connectivity index (χ4v) is 2.78. The first-order valence-corrected chi connectivity index (χ1v) is 6.81. The Balaban J connectivity index is 1.87. The Morgan fingerprint density at radius 3 is 2.90 bits per heavy atom. The quantitative estimate of drug-likeness (QED) is 0.734. The van der Waals surface area contributed by atoms with Crippen LogP contribution in [-0.4, -0.2) is 15.9 Å². The van der Waals surface area contributed by atoms with Crippen LogP contribution in [0.2, 0.25) is 5.02 Å². The van der Waals surface area contributed by atoms with Gasteiger partial charge in [0.05, 0.1) is 10.2 Å². The minimum Gasteiger partial charge on any atom is -0.296 e. The predicted molar refractivity (Wildman–Crippen MR) is 76.8 cm³/mol. The van der Waals surface area contributed by atoms with Gasteiger partial charge in [-0.1, -0.05) is 29.0 Å². The first-order valence-electron chi connectivity index (χ1n) is 5.62. The third-order valence-corrected chi connectivity index (χ3v) is 3.69. The van der Waals surface area contributed by atoms with E-state index in [-0.39, 0.29) is 5.69 Å². The van der Waals surface area contributed by atoms with Gasteiger partial charge in [0.15, 0.2) is 5.13 Å². The van der Waals surface area contributed by atoms with Crippen LogP contribution in [0.15, 0.2) is 36.4 Å². The lowest BCUT2D eigenvalue weighted by molar-refractivity contribution is 0.102. The van der Waals surface area contributed by atoms with Crippen LogP contribution in [0, 0.1) is 5.95 Å². The molecule has 1 aromatic carbocycles. The average Bonchev–Trinajstić information content (AvgIpc) is 2.80. The second-order valence-corrected chi connectivity index (χ2v) is 5.40. The van der Waals surface area contributed by atoms with Gasteiger partial charge in [-0.05, 0) is 30.3 Å². The van der Waals surface area contributed by atoms with Gasteiger partial charge in [0, 0.05) is 5.02 Å². The number of benzene rings is 1. The molecule has 2 heterocycles. The fourth-order valence-electron chi connectivity index (χ4n) is 1.65. The number of hydrogen-bond acceptors (Lipinski definition) is 4. The number of nitrogens with zero attached hydrogens (tertiary/aromatic N) is 2. The zero-order chi connectivity index (χ0) is 14.1. The van der Waals surface area contributed by atoms with Crippen molar-refractivity contribution < 1.29 is 9.18 Å². The van der Waals surface area contributed by atoms with E-state index < -0.39 is 11.9 Å². The van der Waals surface area contributed by atoms with Gasteiger partial charge < -0.3 is 0 Å². The van der Waals surface area contributed by atoms with Crippen molar-refractivity contribution in [3.63, 3.8) is 0 Å². The molecule has 7 heteroatoms. The van der Waals surface area contributed by atoms with E-state index in [4.69, 9.17) is 11.6 Å². The monoisotopic (exact) mass is 307 g/mol. The summed E-state index contributed by atoms with van der Waals surface area (Å²) >= 11 is 7.18. The van der Waals surface area contributed by atoms with Crippen LogP contribution in [0.25, 0.3) is 10.2 Å². The van der Waals surface area contributed by atoms with E-state index in [1.54, 1.807) is 18.2 Å². The lowest BCUT2D eigenvalue weighted by Gasteiger charge is -2.00. The number of aromatic nitrogens is 2. The van der Waals surface area contributed by atoms with E-state index in [9.17, 15) is 9.18 Å². The molecule has 100 valence electrons. The van der Waals surface area contributed by atoms with Gasteiger partial charge in [-0.15, -0.1) is 0 Å². The van der Waals surface area contributed by atoms with Crippen molar-refractivity contribution in [2.45, 2.75) is 0 Å². The first-order chi connectivity index (χ1) is 9.61. The molecule has 1 N–H and O–H groups in total. The van der Waals surface area contributed by atoms with Crippen molar-refractivity contribution in [3.05, 3.63) is 53.1 Å². The number of pyridine rings is 1. The van der Waals surface area contributed by atoms with Gasteiger partial charge >= 0.3 is 0 Å². The molecule has 0 aliphatic heterocycles. The number of halogens is 2. The first kappa shape index (κ1) is 13.0. The van der Waals surface area contributed by atoms with Crippen molar-refractivity contribution in [2.24, 2.45) is 0 Å². The minimum absolute atomic E-state index is 0.00212. The molecule has 0 spiro atoms. The lowest BCUT2D eigenvalue weighted by Crippen LogP contribution is -2.13. The van der Waals surface area contributed by atoms with Gasteiger partial charge in [0.1, 0.15) is 5.69 Å². The number of nitrogens with one attached hydrogen (secondary N) is 1. The van der Waals surface area contributed by atoms with E-state index in [1.807, 2.05) is 0 Å². The summed E-state index contributed by atoms with van der Waals surface area (Å²) < 4.78 is 13.8. The average molecular weight is 308 g/mol. The molecule has 0 aliphatic rings. The Morgan fingerprint density at radius 1 is 1.25 bits per heavy atom. The summed E-state index contributed by atoms with van der Waals surface area (Å²) in [6, 6.07) is 9.30. The maximum Gasteiger partial charge on any atom is 0.276 e. The van der Waals surface area contributed by atoms with Crippen LogP contribution in [0.4, 0.5) is 9.52 Å². The van der Waals surface area contributed by atoms with Crippen molar-refractivity contribution >= 4 is 44.2 Å². The molecule has 0 fully saturated rings. The van der Waals surface area contributed by atoms with Gasteiger partial charge in [0.25, 0.3) is 5.91 Å². The van der Waals surface area contributed by atoms with Crippen LogP contribution < -0.4 is 5.32 Å². The Kier molecular flexibility index (Phi) is 3.33. The van der Waals surface area contributed by atoms with Crippen LogP contribution in [0.3, 0.4) is 0 Å². The van der Waals surface area contributed by atoms with Crippen LogP contribution in [0.5, 0.6) is 0 Å². The van der Waals surface area contributed by atoms with E-state index in [2.05, 4.69) is 15.3 Å². The Bertz CT molecular complexity index is 805. The number of anilines is 1. The standard InChI is InChI=1S/C13H7ClFN3OS/c14-7-4-5-8-10(6-7)20-13(17-8)18-12(19)9-2-1-3-11(15)16-9/h1-6H,(H,17,18,19).